The third kappa shape index (κ3) is 2.23. The summed E-state index contributed by atoms with van der Waals surface area (Å²) in [5.74, 6) is -0.297. The number of hydrogen-bond acceptors (Lipinski definition) is 3. The molecule has 4 heteroatoms. The van der Waals surface area contributed by atoms with Crippen LogP contribution < -0.4 is 0 Å². The van der Waals surface area contributed by atoms with E-state index in [4.69, 9.17) is 0 Å². The SMILES string of the molecule is COC(=O)c1cc[c-]o1.[Y]. The molecule has 1 rings (SSSR count). The molecule has 0 N–H and O–H groups in total. The topological polar surface area (TPSA) is 39.4 Å². The van der Waals surface area contributed by atoms with E-state index in [-0.39, 0.29) is 38.5 Å². The fourth-order valence-corrected chi connectivity index (χ4v) is 0.452. The van der Waals surface area contributed by atoms with Crippen LogP contribution in [0.3, 0.4) is 0 Å². The fourth-order valence-electron chi connectivity index (χ4n) is 0.452. The van der Waals surface area contributed by atoms with E-state index in [9.17, 15) is 4.79 Å². The molecule has 0 saturated carbocycles. The first kappa shape index (κ1) is 9.85. The zero-order valence-electron chi connectivity index (χ0n) is 5.46. The van der Waals surface area contributed by atoms with Gasteiger partial charge in [-0.2, -0.15) is 6.07 Å². The molecule has 51 valence electrons. The Bertz CT molecular complexity index is 193. The number of rotatable bonds is 1. The van der Waals surface area contributed by atoms with Crippen molar-refractivity contribution in [2.45, 2.75) is 0 Å². The Balaban J connectivity index is 0.000000810. The van der Waals surface area contributed by atoms with Crippen LogP contribution in [0.15, 0.2) is 16.5 Å². The first-order valence-corrected chi connectivity index (χ1v) is 2.39. The van der Waals surface area contributed by atoms with Crippen molar-refractivity contribution in [3.05, 3.63) is 24.2 Å². The summed E-state index contributed by atoms with van der Waals surface area (Å²) in [5, 5.41) is 0. The third-order valence-electron chi connectivity index (χ3n) is 0.858. The van der Waals surface area contributed by atoms with Crippen LogP contribution >= 0.6 is 0 Å². The predicted molar refractivity (Wildman–Crippen MR) is 28.9 cm³/mol. The van der Waals surface area contributed by atoms with Gasteiger partial charge in [-0.15, -0.1) is 6.07 Å². The Labute approximate surface area is 83.6 Å². The monoisotopic (exact) mass is 214 g/mol. The molecule has 0 aliphatic carbocycles. The summed E-state index contributed by atoms with van der Waals surface area (Å²) < 4.78 is 8.93. The molecule has 1 aromatic rings. The summed E-state index contributed by atoms with van der Waals surface area (Å²) in [5.41, 5.74) is 0. The van der Waals surface area contributed by atoms with Crippen LogP contribution in [0, 0.1) is 6.26 Å². The molecule has 0 aliphatic heterocycles. The standard InChI is InChI=1S/C6H5O3.Y/c1-8-6(7)5-3-2-4-9-5;/h2-3H,1H3;/q-1;. The molecular weight excluding hydrogens is 209 g/mol. The van der Waals surface area contributed by atoms with E-state index in [0.29, 0.717) is 0 Å². The molecule has 0 saturated heterocycles. The van der Waals surface area contributed by atoms with E-state index in [0.717, 1.165) is 0 Å². The third-order valence-corrected chi connectivity index (χ3v) is 0.858. The summed E-state index contributed by atoms with van der Waals surface area (Å²) in [6, 6.07) is 3.00. The molecule has 0 bridgehead atoms. The summed E-state index contributed by atoms with van der Waals surface area (Å²) >= 11 is 0. The van der Waals surface area contributed by atoms with Crippen LogP contribution in [0.5, 0.6) is 0 Å². The molecule has 0 spiro atoms. The summed E-state index contributed by atoms with van der Waals surface area (Å²) in [6.07, 6.45) is 2.37. The van der Waals surface area contributed by atoms with Crippen LogP contribution in [-0.2, 0) is 37.4 Å². The first-order chi connectivity index (χ1) is 4.34. The van der Waals surface area contributed by atoms with Gasteiger partial charge in [0.25, 0.3) is 0 Å². The smallest absolute Gasteiger partial charge is 0.303 e. The van der Waals surface area contributed by atoms with Gasteiger partial charge in [0.15, 0.2) is 0 Å². The van der Waals surface area contributed by atoms with Crippen LogP contribution in [-0.4, -0.2) is 13.1 Å². The Hall–Kier alpha value is -0.146. The van der Waals surface area contributed by atoms with E-state index >= 15 is 0 Å². The Morgan fingerprint density at radius 3 is 2.90 bits per heavy atom. The van der Waals surface area contributed by atoms with Gasteiger partial charge in [-0.1, -0.05) is 0 Å². The van der Waals surface area contributed by atoms with Gasteiger partial charge in [0.2, 0.25) is 0 Å². The van der Waals surface area contributed by atoms with Crippen molar-refractivity contribution in [3.63, 3.8) is 0 Å². The molecule has 3 nitrogen and oxygen atoms in total. The largest absolute Gasteiger partial charge is 0.585 e. The number of carbonyl (C=O) groups excluding carboxylic acids is 1. The van der Waals surface area contributed by atoms with E-state index < -0.39 is 5.97 Å². The van der Waals surface area contributed by atoms with Crippen molar-refractivity contribution in [3.8, 4) is 0 Å². The van der Waals surface area contributed by atoms with Gasteiger partial charge in [-0.05, 0) is 6.26 Å². The van der Waals surface area contributed by atoms with Crippen molar-refractivity contribution >= 4 is 5.97 Å². The molecule has 0 atom stereocenters. The summed E-state index contributed by atoms with van der Waals surface area (Å²) in [4.78, 5) is 10.5. The maximum atomic E-state index is 10.5. The summed E-state index contributed by atoms with van der Waals surface area (Å²) in [7, 11) is 1.30. The van der Waals surface area contributed by atoms with E-state index in [1.165, 1.54) is 19.2 Å². The van der Waals surface area contributed by atoms with Crippen molar-refractivity contribution < 1.29 is 46.7 Å². The van der Waals surface area contributed by atoms with Crippen LogP contribution in [0.1, 0.15) is 10.6 Å². The Kier molecular flexibility index (Phi) is 4.57. The van der Waals surface area contributed by atoms with Gasteiger partial charge in [-0.3, -0.25) is 4.79 Å². The van der Waals surface area contributed by atoms with Crippen molar-refractivity contribution in [2.75, 3.05) is 7.11 Å². The Morgan fingerprint density at radius 2 is 2.50 bits per heavy atom. The first-order valence-electron chi connectivity index (χ1n) is 2.39. The molecule has 0 unspecified atom stereocenters. The minimum atomic E-state index is -0.476. The number of methoxy groups -OCH3 is 1. The second kappa shape index (κ2) is 4.64. The van der Waals surface area contributed by atoms with Crippen molar-refractivity contribution in [1.82, 2.24) is 0 Å². The second-order valence-corrected chi connectivity index (χ2v) is 1.41. The van der Waals surface area contributed by atoms with Crippen LogP contribution in [0.2, 0.25) is 0 Å². The van der Waals surface area contributed by atoms with Crippen molar-refractivity contribution in [2.24, 2.45) is 0 Å². The number of ether oxygens (including phenoxy) is 1. The van der Waals surface area contributed by atoms with Crippen LogP contribution in [0.25, 0.3) is 0 Å². The maximum absolute atomic E-state index is 10.5. The molecule has 0 aliphatic rings. The number of esters is 1. The van der Waals surface area contributed by atoms with Gasteiger partial charge in [-0.25, -0.2) is 0 Å². The molecule has 10 heavy (non-hydrogen) atoms. The molecule has 0 amide bonds. The quantitative estimate of drug-likeness (QED) is 0.514. The summed E-state index contributed by atoms with van der Waals surface area (Å²) in [6.45, 7) is 0. The zero-order chi connectivity index (χ0) is 6.69. The zero-order valence-corrected chi connectivity index (χ0v) is 8.30. The van der Waals surface area contributed by atoms with Gasteiger partial charge in [0, 0.05) is 32.7 Å². The molecule has 1 radical (unpaired) electrons. The fraction of sp³-hybridized carbons (Fsp3) is 0.167. The van der Waals surface area contributed by atoms with E-state index in [2.05, 4.69) is 15.4 Å². The van der Waals surface area contributed by atoms with Gasteiger partial charge >= 0.3 is 5.97 Å². The van der Waals surface area contributed by atoms with Gasteiger partial charge < -0.3 is 9.15 Å². The van der Waals surface area contributed by atoms with Gasteiger partial charge in [0.1, 0.15) is 0 Å². The number of hydrogen-bond donors (Lipinski definition) is 0. The Morgan fingerprint density at radius 1 is 1.80 bits per heavy atom. The molecule has 1 aromatic heterocycles. The minimum Gasteiger partial charge on any atom is -0.585 e. The molecular formula is C6H5O3Y-. The predicted octanol–water partition coefficient (Wildman–Crippen LogP) is 0.864. The van der Waals surface area contributed by atoms with Crippen LogP contribution in [0.4, 0.5) is 0 Å². The normalized spacial score (nSPS) is 8.10. The van der Waals surface area contributed by atoms with E-state index in [1.54, 1.807) is 0 Å². The maximum Gasteiger partial charge on any atom is 0.303 e. The minimum absolute atomic E-state index is 0. The molecule has 0 fully saturated rings. The number of furan rings is 1. The van der Waals surface area contributed by atoms with Crippen molar-refractivity contribution in [1.29, 1.82) is 0 Å². The molecule has 1 heterocycles. The average Bonchev–Trinajstić information content (AvgIpc) is 2.37. The van der Waals surface area contributed by atoms with E-state index in [1.807, 2.05) is 0 Å². The van der Waals surface area contributed by atoms with Gasteiger partial charge in [0.05, 0.1) is 12.9 Å². The second-order valence-electron chi connectivity index (χ2n) is 1.41. The number of carbonyl (C=O) groups is 1. The molecule has 0 aromatic carbocycles. The average molecular weight is 214 g/mol.